The second kappa shape index (κ2) is 5.73. The third-order valence-electron chi connectivity index (χ3n) is 2.43. The van der Waals surface area contributed by atoms with E-state index in [0.717, 1.165) is 5.39 Å². The average Bonchev–Trinajstić information content (AvgIpc) is 2.78. The van der Waals surface area contributed by atoms with Crippen LogP contribution in [0.15, 0.2) is 40.8 Å². The van der Waals surface area contributed by atoms with Crippen LogP contribution in [0.2, 0.25) is 0 Å². The van der Waals surface area contributed by atoms with Gasteiger partial charge in [-0.15, -0.1) is 17.4 Å². The van der Waals surface area contributed by atoms with E-state index in [1.165, 1.54) is 28.2 Å². The normalized spacial score (nSPS) is 10.3. The molecule has 0 amide bonds. The molecule has 0 unspecified atom stereocenters. The van der Waals surface area contributed by atoms with Gasteiger partial charge in [-0.2, -0.15) is 0 Å². The van der Waals surface area contributed by atoms with Crippen molar-refractivity contribution >= 4 is 21.4 Å². The molecule has 6 heteroatoms. The monoisotopic (exact) mass is 284 g/mol. The molecule has 0 bridgehead atoms. The predicted molar refractivity (Wildman–Crippen MR) is 64.0 cm³/mol. The van der Waals surface area contributed by atoms with Gasteiger partial charge in [0.05, 0.1) is 4.70 Å². The van der Waals surface area contributed by atoms with E-state index in [9.17, 15) is 9.18 Å². The maximum atomic E-state index is 13.0. The van der Waals surface area contributed by atoms with Crippen molar-refractivity contribution in [2.45, 2.75) is 0 Å². The van der Waals surface area contributed by atoms with E-state index >= 15 is 0 Å². The van der Waals surface area contributed by atoms with Crippen LogP contribution in [0.4, 0.5) is 4.39 Å². The molecule has 3 heterocycles. The van der Waals surface area contributed by atoms with Crippen molar-refractivity contribution < 1.29 is 55.8 Å². The largest absolute Gasteiger partial charge is 1.00 e. The summed E-state index contributed by atoms with van der Waals surface area (Å²) in [5.74, 6) is -0.583. The Morgan fingerprint density at radius 2 is 2.22 bits per heavy atom. The van der Waals surface area contributed by atoms with Crippen LogP contribution in [0.1, 0.15) is 0 Å². The van der Waals surface area contributed by atoms with Gasteiger partial charge < -0.3 is 9.55 Å². The summed E-state index contributed by atoms with van der Waals surface area (Å²) < 4.78 is 15.0. The number of rotatable bonds is 1. The van der Waals surface area contributed by atoms with E-state index in [2.05, 4.69) is 11.2 Å². The molecule has 0 fully saturated rings. The molecule has 0 radical (unpaired) electrons. The van der Waals surface area contributed by atoms with Crippen molar-refractivity contribution in [2.75, 3.05) is 0 Å². The molecule has 0 aliphatic rings. The third-order valence-corrected chi connectivity index (χ3v) is 3.35. The van der Waals surface area contributed by atoms with Gasteiger partial charge in [-0.1, -0.05) is 6.20 Å². The van der Waals surface area contributed by atoms with E-state index in [1.54, 1.807) is 6.20 Å². The molecule has 0 aliphatic carbocycles. The standard InChI is InChI=1S/C12H6FN2OS.K/c13-9-5-10(7-14-6-9)15-3-1-8-2-4-17-11(8)12(15)16;/h1-5,7H;/q-1;+1. The molecule has 3 aromatic heterocycles. The maximum Gasteiger partial charge on any atom is 1.00 e. The summed E-state index contributed by atoms with van der Waals surface area (Å²) in [5, 5.41) is 2.75. The molecule has 18 heavy (non-hydrogen) atoms. The minimum atomic E-state index is -0.583. The van der Waals surface area contributed by atoms with Crippen LogP contribution in [0.25, 0.3) is 15.8 Å². The van der Waals surface area contributed by atoms with Gasteiger partial charge in [-0.05, 0) is 34.8 Å². The second-order valence-electron chi connectivity index (χ2n) is 3.48. The molecular formula is C12H6FKN2OS. The van der Waals surface area contributed by atoms with Gasteiger partial charge in [0, 0.05) is 12.0 Å². The topological polar surface area (TPSA) is 34.9 Å². The number of pyridine rings is 2. The van der Waals surface area contributed by atoms with Gasteiger partial charge in [-0.25, -0.2) is 4.39 Å². The van der Waals surface area contributed by atoms with E-state index in [-0.39, 0.29) is 56.9 Å². The van der Waals surface area contributed by atoms with Crippen LogP contribution in [0, 0.1) is 12.0 Å². The first-order valence-corrected chi connectivity index (χ1v) is 5.76. The zero-order chi connectivity index (χ0) is 11.8. The van der Waals surface area contributed by atoms with Crippen LogP contribution >= 0.6 is 11.3 Å². The third kappa shape index (κ3) is 2.49. The van der Waals surface area contributed by atoms with E-state index < -0.39 is 5.82 Å². The van der Waals surface area contributed by atoms with Gasteiger partial charge in [0.1, 0.15) is 0 Å². The molecule has 3 aromatic rings. The Morgan fingerprint density at radius 1 is 1.39 bits per heavy atom. The Hall–Kier alpha value is -0.374. The van der Waals surface area contributed by atoms with Gasteiger partial charge in [0.25, 0.3) is 5.56 Å². The zero-order valence-electron chi connectivity index (χ0n) is 9.55. The Balaban J connectivity index is 0.00000120. The fourth-order valence-electron chi connectivity index (χ4n) is 1.65. The summed E-state index contributed by atoms with van der Waals surface area (Å²) in [4.78, 5) is 15.7. The number of nitrogens with zero attached hydrogens (tertiary/aromatic N) is 2. The number of thiophene rings is 1. The summed E-state index contributed by atoms with van der Waals surface area (Å²) in [5.41, 5.74) is 0.242. The van der Waals surface area contributed by atoms with Crippen LogP contribution in [0.3, 0.4) is 0 Å². The quantitative estimate of drug-likeness (QED) is 0.441. The molecule has 0 atom stereocenters. The van der Waals surface area contributed by atoms with E-state index in [0.29, 0.717) is 10.4 Å². The molecule has 0 aliphatic heterocycles. The predicted octanol–water partition coefficient (Wildman–Crippen LogP) is -0.610. The van der Waals surface area contributed by atoms with Crippen LogP contribution in [0.5, 0.6) is 0 Å². The Labute approximate surface area is 149 Å². The van der Waals surface area contributed by atoms with Gasteiger partial charge in [0.15, 0.2) is 0 Å². The maximum absolute atomic E-state index is 13.0. The first-order valence-electron chi connectivity index (χ1n) is 4.88. The van der Waals surface area contributed by atoms with Crippen LogP contribution in [-0.4, -0.2) is 9.55 Å². The van der Waals surface area contributed by atoms with Gasteiger partial charge in [-0.3, -0.25) is 4.79 Å². The zero-order valence-corrected chi connectivity index (χ0v) is 13.5. The first-order chi connectivity index (χ1) is 8.25. The summed E-state index contributed by atoms with van der Waals surface area (Å²) in [6.07, 6.45) is 5.19. The Morgan fingerprint density at radius 3 is 3.00 bits per heavy atom. The van der Waals surface area contributed by atoms with Crippen LogP contribution < -0.4 is 56.9 Å². The van der Waals surface area contributed by atoms with E-state index in [1.807, 2.05) is 17.5 Å². The minimum absolute atomic E-state index is 0. The molecule has 0 saturated heterocycles. The molecule has 0 saturated carbocycles. The molecule has 0 aromatic carbocycles. The van der Waals surface area contributed by atoms with Gasteiger partial charge >= 0.3 is 51.4 Å². The fourth-order valence-corrected chi connectivity index (χ4v) is 2.47. The van der Waals surface area contributed by atoms with Crippen molar-refractivity contribution in [3.05, 3.63) is 58.3 Å². The molecular weight excluding hydrogens is 278 g/mol. The minimum Gasteiger partial charge on any atom is -0.389 e. The van der Waals surface area contributed by atoms with Crippen molar-refractivity contribution in [1.29, 1.82) is 0 Å². The smallest absolute Gasteiger partial charge is 0.389 e. The molecule has 3 nitrogen and oxygen atoms in total. The fraction of sp³-hybridized carbons (Fsp3) is 0. The molecule has 3 rings (SSSR count). The summed E-state index contributed by atoms with van der Waals surface area (Å²) >= 11 is 1.37. The average molecular weight is 284 g/mol. The molecule has 0 spiro atoms. The summed E-state index contributed by atoms with van der Waals surface area (Å²) in [6.45, 7) is 0. The summed E-state index contributed by atoms with van der Waals surface area (Å²) in [7, 11) is 0. The van der Waals surface area contributed by atoms with Gasteiger partial charge in [0.2, 0.25) is 0 Å². The number of hydrogen-bond donors (Lipinski definition) is 0. The number of aromatic nitrogens is 2. The molecule has 0 N–H and O–H groups in total. The second-order valence-corrected chi connectivity index (χ2v) is 4.40. The molecule has 84 valence electrons. The van der Waals surface area contributed by atoms with Crippen molar-refractivity contribution in [2.24, 2.45) is 0 Å². The Kier molecular flexibility index (Phi) is 4.47. The first kappa shape index (κ1) is 14.0. The Bertz CT molecular complexity index is 753. The number of hydrogen-bond acceptors (Lipinski definition) is 3. The van der Waals surface area contributed by atoms with Crippen LogP contribution in [-0.2, 0) is 0 Å². The number of halogens is 1. The SMILES string of the molecule is O=c1c2sccc2ccn1-c1cn[c-]c(F)c1.[K+]. The van der Waals surface area contributed by atoms with Crippen molar-refractivity contribution in [3.63, 3.8) is 0 Å². The van der Waals surface area contributed by atoms with E-state index in [4.69, 9.17) is 0 Å². The van der Waals surface area contributed by atoms with Crippen molar-refractivity contribution in [1.82, 2.24) is 9.55 Å². The van der Waals surface area contributed by atoms with Crippen molar-refractivity contribution in [3.8, 4) is 5.69 Å². The number of fused-ring (bicyclic) bond motifs is 1. The summed E-state index contributed by atoms with van der Waals surface area (Å²) in [6, 6.07) is 4.93.